The Labute approximate surface area is 199 Å². The first-order chi connectivity index (χ1) is 15.9. The van der Waals surface area contributed by atoms with Crippen molar-refractivity contribution in [3.63, 3.8) is 0 Å². The van der Waals surface area contributed by atoms with Crippen LogP contribution in [0.4, 0.5) is 0 Å². The van der Waals surface area contributed by atoms with Gasteiger partial charge in [0.05, 0.1) is 13.2 Å². The van der Waals surface area contributed by atoms with Gasteiger partial charge in [0.2, 0.25) is 0 Å². The van der Waals surface area contributed by atoms with Gasteiger partial charge in [-0.1, -0.05) is 92.7 Å². The summed E-state index contributed by atoms with van der Waals surface area (Å²) in [6.07, 6.45) is 1.13. The van der Waals surface area contributed by atoms with Gasteiger partial charge < -0.3 is 19.4 Å². The average Bonchev–Trinajstić information content (AvgIpc) is 2.85. The molecule has 0 unspecified atom stereocenters. The van der Waals surface area contributed by atoms with E-state index in [0.29, 0.717) is 13.2 Å². The molecule has 0 fully saturated rings. The molecule has 4 nitrogen and oxygen atoms in total. The molecule has 0 aliphatic carbocycles. The fraction of sp³-hybridized carbons (Fsp3) is 0.357. The summed E-state index contributed by atoms with van der Waals surface area (Å²) < 4.78 is 11.8. The van der Waals surface area contributed by atoms with Crippen LogP contribution in [-0.4, -0.2) is 38.0 Å². The zero-order valence-electron chi connectivity index (χ0n) is 19.9. The molecule has 0 bridgehead atoms. The Bertz CT molecular complexity index is 936. The van der Waals surface area contributed by atoms with Gasteiger partial charge in [0.1, 0.15) is 11.9 Å². The summed E-state index contributed by atoms with van der Waals surface area (Å²) in [4.78, 5) is 12.3. The molecule has 0 spiro atoms. The Morgan fingerprint density at radius 2 is 1.39 bits per heavy atom. The minimum absolute atomic E-state index is 0.111. The van der Waals surface area contributed by atoms with Crippen LogP contribution < -0.4 is 15.1 Å². The first kappa shape index (κ1) is 25.2. The van der Waals surface area contributed by atoms with Crippen LogP contribution >= 0.6 is 0 Å². The van der Waals surface area contributed by atoms with E-state index in [-0.39, 0.29) is 11.6 Å². The number of aliphatic hydroxyl groups is 1. The quantitative estimate of drug-likeness (QED) is 0.307. The van der Waals surface area contributed by atoms with Crippen molar-refractivity contribution in [1.29, 1.82) is 0 Å². The van der Waals surface area contributed by atoms with E-state index in [1.165, 1.54) is 0 Å². The third-order valence-corrected chi connectivity index (χ3v) is 10.9. The summed E-state index contributed by atoms with van der Waals surface area (Å²) in [5.74, 6) is 0.745. The van der Waals surface area contributed by atoms with E-state index >= 15 is 0 Å². The maximum atomic E-state index is 12.3. The molecule has 0 radical (unpaired) electrons. The molecule has 0 saturated carbocycles. The van der Waals surface area contributed by atoms with Crippen molar-refractivity contribution >= 4 is 18.7 Å². The number of hydrogen-bond acceptors (Lipinski definition) is 4. The largest absolute Gasteiger partial charge is 0.493 e. The lowest BCUT2D eigenvalue weighted by molar-refractivity contribution is 0.00761. The first-order valence-corrected chi connectivity index (χ1v) is 13.7. The van der Waals surface area contributed by atoms with Gasteiger partial charge in [0, 0.05) is 12.2 Å². The number of hydrogen-bond donors (Lipinski definition) is 2. The molecule has 0 aliphatic heterocycles. The second-order valence-electron chi connectivity index (χ2n) is 8.94. The molecule has 5 heteroatoms. The van der Waals surface area contributed by atoms with Crippen molar-refractivity contribution in [2.45, 2.75) is 44.8 Å². The van der Waals surface area contributed by atoms with E-state index in [4.69, 9.17) is 9.47 Å². The third kappa shape index (κ3) is 5.74. The Morgan fingerprint density at radius 3 is 1.94 bits per heavy atom. The molecule has 3 aromatic carbocycles. The van der Waals surface area contributed by atoms with Crippen LogP contribution in [0.2, 0.25) is 5.04 Å². The maximum Gasteiger partial charge on any atom is 0.258 e. The molecular formula is C28H36O4Si. The normalized spacial score (nSPS) is 13.0. The van der Waals surface area contributed by atoms with Crippen molar-refractivity contribution in [2.24, 2.45) is 0 Å². The van der Waals surface area contributed by atoms with Crippen molar-refractivity contribution in [3.8, 4) is 5.75 Å². The monoisotopic (exact) mass is 464 g/mol. The summed E-state index contributed by atoms with van der Waals surface area (Å²) >= 11 is 0. The van der Waals surface area contributed by atoms with E-state index in [0.717, 1.165) is 34.5 Å². The molecule has 33 heavy (non-hydrogen) atoms. The van der Waals surface area contributed by atoms with Crippen molar-refractivity contribution in [2.75, 3.05) is 19.8 Å². The second-order valence-corrected chi connectivity index (χ2v) is 12.9. The van der Waals surface area contributed by atoms with Crippen LogP contribution in [0.15, 0.2) is 84.9 Å². The Kier molecular flexibility index (Phi) is 8.86. The number of rotatable bonds is 12. The molecule has 1 atom stereocenters. The Hall–Kier alpha value is -2.44. The van der Waals surface area contributed by atoms with Crippen LogP contribution in [0.3, 0.4) is 0 Å². The summed E-state index contributed by atoms with van der Waals surface area (Å²) in [6, 6.07) is 27.8. The summed E-state index contributed by atoms with van der Waals surface area (Å²) in [5, 5.41) is 11.7. The lowest BCUT2D eigenvalue weighted by Crippen LogP contribution is -2.65. The summed E-state index contributed by atoms with van der Waals surface area (Å²) in [7, 11) is -3.02. The van der Waals surface area contributed by atoms with Crippen molar-refractivity contribution < 1.29 is 19.4 Å². The van der Waals surface area contributed by atoms with Crippen LogP contribution in [-0.2, 0) is 4.74 Å². The molecule has 3 aromatic rings. The third-order valence-electron chi connectivity index (χ3n) is 6.36. The predicted octanol–water partition coefficient (Wildman–Crippen LogP) is 4.45. The Balaban J connectivity index is 1.73. The SMILES string of the molecule is CCOc1ccccc1[C@H](CO)OCCCC(C)(C)[Si](O)(c1ccccc1)c1ccccc1. The zero-order valence-corrected chi connectivity index (χ0v) is 20.9. The van der Waals surface area contributed by atoms with Gasteiger partial charge in [0.25, 0.3) is 8.32 Å². The molecular weight excluding hydrogens is 428 g/mol. The molecule has 0 saturated heterocycles. The van der Waals surface area contributed by atoms with E-state index < -0.39 is 14.4 Å². The standard InChI is InChI=1S/C28H36O4Si/c1-4-31-26-19-12-11-18-25(26)27(22-29)32-21-13-20-28(2,3)33(30,23-14-7-5-8-15-23)24-16-9-6-10-17-24/h5-12,14-19,27,29-30H,4,13,20-22H2,1-3H3/t27-/m0/s1. The minimum atomic E-state index is -3.02. The van der Waals surface area contributed by atoms with E-state index in [9.17, 15) is 9.90 Å². The van der Waals surface area contributed by atoms with Gasteiger partial charge in [-0.2, -0.15) is 0 Å². The molecule has 0 aromatic heterocycles. The molecule has 176 valence electrons. The predicted molar refractivity (Wildman–Crippen MR) is 137 cm³/mol. The van der Waals surface area contributed by atoms with E-state index in [2.05, 4.69) is 13.8 Å². The highest BCUT2D eigenvalue weighted by atomic mass is 28.4. The molecule has 0 aliphatic rings. The molecule has 3 rings (SSSR count). The van der Waals surface area contributed by atoms with E-state index in [1.807, 2.05) is 91.9 Å². The van der Waals surface area contributed by atoms with E-state index in [1.54, 1.807) is 0 Å². The lowest BCUT2D eigenvalue weighted by Gasteiger charge is -2.41. The van der Waals surface area contributed by atoms with Gasteiger partial charge in [-0.15, -0.1) is 0 Å². The van der Waals surface area contributed by atoms with Crippen LogP contribution in [0.25, 0.3) is 0 Å². The van der Waals surface area contributed by atoms with Gasteiger partial charge >= 0.3 is 0 Å². The minimum Gasteiger partial charge on any atom is -0.493 e. The zero-order chi connectivity index (χ0) is 23.7. The van der Waals surface area contributed by atoms with Gasteiger partial charge in [-0.25, -0.2) is 0 Å². The van der Waals surface area contributed by atoms with Gasteiger partial charge in [-0.3, -0.25) is 0 Å². The van der Waals surface area contributed by atoms with Gasteiger partial charge in [0.15, 0.2) is 0 Å². The van der Waals surface area contributed by atoms with Gasteiger partial charge in [-0.05, 0) is 41.2 Å². The number of aliphatic hydroxyl groups excluding tert-OH is 1. The number of ether oxygens (including phenoxy) is 2. The lowest BCUT2D eigenvalue weighted by atomic mass is 10.1. The Morgan fingerprint density at radius 1 is 0.848 bits per heavy atom. The van der Waals surface area contributed by atoms with Crippen molar-refractivity contribution in [3.05, 3.63) is 90.5 Å². The first-order valence-electron chi connectivity index (χ1n) is 11.7. The number of benzene rings is 3. The fourth-order valence-corrected chi connectivity index (χ4v) is 8.29. The van der Waals surface area contributed by atoms with Crippen LogP contribution in [0.5, 0.6) is 5.75 Å². The number of para-hydroxylation sites is 1. The maximum absolute atomic E-state index is 12.3. The highest BCUT2D eigenvalue weighted by Crippen LogP contribution is 2.40. The van der Waals surface area contributed by atoms with Crippen LogP contribution in [0, 0.1) is 0 Å². The highest BCUT2D eigenvalue weighted by Gasteiger charge is 2.49. The second kappa shape index (κ2) is 11.6. The highest BCUT2D eigenvalue weighted by molar-refractivity contribution is 6.98. The van der Waals surface area contributed by atoms with Crippen LogP contribution in [0.1, 0.15) is 45.3 Å². The fourth-order valence-electron chi connectivity index (χ4n) is 4.50. The molecule has 0 amide bonds. The summed E-state index contributed by atoms with van der Waals surface area (Å²) in [6.45, 7) is 7.20. The molecule has 0 heterocycles. The molecule has 2 N–H and O–H groups in total. The van der Waals surface area contributed by atoms with Crippen molar-refractivity contribution in [1.82, 2.24) is 0 Å². The average molecular weight is 465 g/mol. The smallest absolute Gasteiger partial charge is 0.258 e. The summed E-state index contributed by atoms with van der Waals surface area (Å²) in [5.41, 5.74) is 0.862. The topological polar surface area (TPSA) is 58.9 Å².